The van der Waals surface area contributed by atoms with E-state index < -0.39 is 16.1 Å². The average Bonchev–Trinajstić information content (AvgIpc) is 2.90. The second kappa shape index (κ2) is 10.3. The fourth-order valence-corrected chi connectivity index (χ4v) is 8.23. The van der Waals surface area contributed by atoms with Crippen molar-refractivity contribution in [3.8, 4) is 0 Å². The molecule has 0 fully saturated rings. The van der Waals surface area contributed by atoms with E-state index in [-0.39, 0.29) is 39.1 Å². The van der Waals surface area contributed by atoms with E-state index in [1.807, 2.05) is 27.7 Å². The Labute approximate surface area is 235 Å². The highest BCUT2D eigenvalue weighted by Gasteiger charge is 2.42. The number of hydrogen-bond acceptors (Lipinski definition) is 5. The fourth-order valence-electron chi connectivity index (χ4n) is 6.35. The normalized spacial score (nSPS) is 18.8. The number of Topliss-reactive ketones (excluding diaryl/α,β-unsaturated/α-hetero) is 1. The molecule has 1 aromatic heterocycles. The molecule has 3 aromatic rings. The number of benzene rings is 2. The zero-order chi connectivity index (χ0) is 29.0. The molecule has 0 saturated heterocycles. The molecule has 0 spiro atoms. The van der Waals surface area contributed by atoms with Gasteiger partial charge in [0.05, 0.1) is 22.2 Å². The Morgan fingerprint density at radius 2 is 1.55 bits per heavy atom. The van der Waals surface area contributed by atoms with E-state index in [4.69, 9.17) is 0 Å². The van der Waals surface area contributed by atoms with Gasteiger partial charge < -0.3 is 0 Å². The van der Waals surface area contributed by atoms with Gasteiger partial charge in [0.15, 0.2) is 5.78 Å². The maximum Gasteiger partial charge on any atom is 0.274 e. The van der Waals surface area contributed by atoms with Crippen molar-refractivity contribution in [2.45, 2.75) is 77.8 Å². The zero-order valence-corrected chi connectivity index (χ0v) is 24.7. The first-order valence-electron chi connectivity index (χ1n) is 14.0. The number of allylic oxidation sites excluding steroid dienone is 2. The number of hydrogen-bond donors (Lipinski definition) is 0. The minimum absolute atomic E-state index is 0.0708. The Morgan fingerprint density at radius 1 is 0.925 bits per heavy atom. The number of nitrogens with zero attached hydrogens (tertiary/aromatic N) is 3. The molecule has 5 rings (SSSR count). The van der Waals surface area contributed by atoms with Crippen LogP contribution in [0.3, 0.4) is 0 Å². The Balaban J connectivity index is 1.81. The number of carbonyl (C=O) groups excluding carboxylic acids is 1. The second-order valence-electron chi connectivity index (χ2n) is 11.8. The van der Waals surface area contributed by atoms with Gasteiger partial charge in [-0.1, -0.05) is 52.0 Å². The number of sulfonamides is 1. The van der Waals surface area contributed by atoms with Crippen molar-refractivity contribution in [3.05, 3.63) is 85.4 Å². The summed E-state index contributed by atoms with van der Waals surface area (Å²) in [4.78, 5) is 41.6. The molecule has 0 bridgehead atoms. The number of rotatable bonds is 7. The summed E-state index contributed by atoms with van der Waals surface area (Å²) in [7, 11) is -3.83. The third-order valence-electron chi connectivity index (χ3n) is 8.05. The van der Waals surface area contributed by atoms with Gasteiger partial charge in [0.2, 0.25) is 10.0 Å². The number of aryl methyl sites for hydroxylation is 1. The number of carbonyl (C=O) groups is 1. The molecule has 0 saturated carbocycles. The van der Waals surface area contributed by atoms with E-state index in [1.165, 1.54) is 13.7 Å². The summed E-state index contributed by atoms with van der Waals surface area (Å²) < 4.78 is 32.1. The quantitative estimate of drug-likeness (QED) is 0.419. The molecule has 1 aliphatic carbocycles. The summed E-state index contributed by atoms with van der Waals surface area (Å²) in [6, 6.07) is 10.9. The van der Waals surface area contributed by atoms with E-state index in [9.17, 15) is 22.8 Å². The van der Waals surface area contributed by atoms with Crippen LogP contribution in [-0.4, -0.2) is 41.0 Å². The predicted molar refractivity (Wildman–Crippen MR) is 156 cm³/mol. The van der Waals surface area contributed by atoms with Crippen LogP contribution < -0.4 is 11.1 Å². The number of ketones is 1. The lowest BCUT2D eigenvalue weighted by Gasteiger charge is -2.40. The Morgan fingerprint density at radius 3 is 2.17 bits per heavy atom. The number of fused-ring (bicyclic) bond motifs is 2. The lowest BCUT2D eigenvalue weighted by Crippen LogP contribution is -2.48. The Kier molecular flexibility index (Phi) is 7.25. The van der Waals surface area contributed by atoms with Crippen LogP contribution in [0.5, 0.6) is 0 Å². The van der Waals surface area contributed by atoms with E-state index in [2.05, 4.69) is 0 Å². The zero-order valence-electron chi connectivity index (χ0n) is 23.9. The lowest BCUT2D eigenvalue weighted by atomic mass is 9.71. The van der Waals surface area contributed by atoms with Gasteiger partial charge in [-0.25, -0.2) is 17.8 Å². The van der Waals surface area contributed by atoms with Gasteiger partial charge in [-0.05, 0) is 66.5 Å². The molecule has 212 valence electrons. The number of aromatic nitrogens is 2. The molecule has 8 nitrogen and oxygen atoms in total. The Bertz CT molecular complexity index is 1770. The molecule has 1 aliphatic heterocycles. The first-order chi connectivity index (χ1) is 18.9. The third-order valence-corrected chi connectivity index (χ3v) is 10.1. The molecule has 0 radical (unpaired) electrons. The van der Waals surface area contributed by atoms with Crippen molar-refractivity contribution < 1.29 is 13.2 Å². The van der Waals surface area contributed by atoms with Gasteiger partial charge in [-0.2, -0.15) is 4.31 Å². The largest absolute Gasteiger partial charge is 0.294 e. The molecule has 2 aliphatic rings. The topological polar surface area (TPSA) is 98.4 Å². The average molecular weight is 564 g/mol. The van der Waals surface area contributed by atoms with Crippen LogP contribution in [0.25, 0.3) is 10.8 Å². The first kappa shape index (κ1) is 28.2. The highest BCUT2D eigenvalue weighted by atomic mass is 32.2. The third kappa shape index (κ3) is 4.59. The lowest BCUT2D eigenvalue weighted by molar-refractivity contribution is -0.118. The molecule has 1 unspecified atom stereocenters. The SMILES string of the molecule is CCCN(CCC)S(=O)(=O)c1cc(C2C3=C(Cn4c(=O)c5ccccc5c(=O)n42)CC(C)(C)CC3=O)ccc1C. The molecule has 2 heterocycles. The van der Waals surface area contributed by atoms with E-state index in [0.29, 0.717) is 60.9 Å². The van der Waals surface area contributed by atoms with Crippen molar-refractivity contribution in [1.82, 2.24) is 13.7 Å². The summed E-state index contributed by atoms with van der Waals surface area (Å²) in [6.45, 7) is 10.6. The van der Waals surface area contributed by atoms with Crippen LogP contribution in [0, 0.1) is 12.3 Å². The van der Waals surface area contributed by atoms with Crippen molar-refractivity contribution in [2.75, 3.05) is 13.1 Å². The maximum atomic E-state index is 14.0. The van der Waals surface area contributed by atoms with Gasteiger partial charge >= 0.3 is 0 Å². The van der Waals surface area contributed by atoms with Crippen LogP contribution in [-0.2, 0) is 21.4 Å². The maximum absolute atomic E-state index is 14.0. The van der Waals surface area contributed by atoms with Crippen LogP contribution in [0.1, 0.15) is 70.5 Å². The summed E-state index contributed by atoms with van der Waals surface area (Å²) in [5.74, 6) is -0.0708. The predicted octanol–water partition coefficient (Wildman–Crippen LogP) is 4.57. The minimum Gasteiger partial charge on any atom is -0.294 e. The molecular weight excluding hydrogens is 526 g/mol. The van der Waals surface area contributed by atoms with Gasteiger partial charge in [-0.15, -0.1) is 0 Å². The summed E-state index contributed by atoms with van der Waals surface area (Å²) in [5.41, 5.74) is 1.45. The molecule has 1 atom stereocenters. The van der Waals surface area contributed by atoms with E-state index in [1.54, 1.807) is 49.4 Å². The standard InChI is InChI=1S/C31H37N3O5S/c1-6-14-32(15-7-2)40(38,39)26-16-21(13-12-20(26)3)28-27-22(17-31(4,5)18-25(27)35)19-33-29(36)23-10-8-9-11-24(23)30(37)34(28)33/h8-13,16,28H,6-7,14-15,17-19H2,1-5H3. The summed E-state index contributed by atoms with van der Waals surface area (Å²) in [6.07, 6.45) is 2.28. The second-order valence-corrected chi connectivity index (χ2v) is 13.8. The molecule has 2 aromatic carbocycles. The molecular formula is C31H37N3O5S. The van der Waals surface area contributed by atoms with Crippen LogP contribution >= 0.6 is 0 Å². The molecule has 9 heteroatoms. The van der Waals surface area contributed by atoms with Gasteiger partial charge in [-0.3, -0.25) is 14.4 Å². The van der Waals surface area contributed by atoms with Crippen LogP contribution in [0.2, 0.25) is 0 Å². The monoisotopic (exact) mass is 563 g/mol. The fraction of sp³-hybridized carbons (Fsp3) is 0.452. The van der Waals surface area contributed by atoms with Crippen molar-refractivity contribution in [3.63, 3.8) is 0 Å². The van der Waals surface area contributed by atoms with Crippen LogP contribution in [0.4, 0.5) is 0 Å². The molecule has 40 heavy (non-hydrogen) atoms. The summed E-state index contributed by atoms with van der Waals surface area (Å²) in [5, 5.41) is 0.605. The van der Waals surface area contributed by atoms with E-state index >= 15 is 0 Å². The Hall–Kier alpha value is -3.30. The molecule has 0 amide bonds. The van der Waals surface area contributed by atoms with Gasteiger partial charge in [0.1, 0.15) is 6.04 Å². The van der Waals surface area contributed by atoms with Crippen molar-refractivity contribution in [2.24, 2.45) is 5.41 Å². The first-order valence-corrected chi connectivity index (χ1v) is 15.5. The van der Waals surface area contributed by atoms with Gasteiger partial charge in [0, 0.05) is 25.1 Å². The highest BCUT2D eigenvalue weighted by Crippen LogP contribution is 2.44. The summed E-state index contributed by atoms with van der Waals surface area (Å²) >= 11 is 0. The van der Waals surface area contributed by atoms with Crippen LogP contribution in [0.15, 0.2) is 68.1 Å². The van der Waals surface area contributed by atoms with Crippen molar-refractivity contribution >= 4 is 26.6 Å². The van der Waals surface area contributed by atoms with E-state index in [0.717, 1.165) is 5.57 Å². The minimum atomic E-state index is -3.83. The smallest absolute Gasteiger partial charge is 0.274 e. The molecule has 0 N–H and O–H groups in total. The van der Waals surface area contributed by atoms with Crippen molar-refractivity contribution in [1.29, 1.82) is 0 Å². The van der Waals surface area contributed by atoms with Gasteiger partial charge in [0.25, 0.3) is 11.1 Å². The highest BCUT2D eigenvalue weighted by molar-refractivity contribution is 7.89.